The Hall–Kier alpha value is 0.130. The number of hydrogen-bond acceptors (Lipinski definition) is 0. The lowest BCUT2D eigenvalue weighted by Crippen LogP contribution is -1.86. The van der Waals surface area contributed by atoms with E-state index in [-0.39, 0.29) is 0 Å². The molecular weight excluding hydrogens is 443 g/mol. The molecule has 0 aliphatic carbocycles. The highest BCUT2D eigenvalue weighted by Gasteiger charge is 2.06. The zero-order valence-electron chi connectivity index (χ0n) is 8.60. The van der Waals surface area contributed by atoms with Gasteiger partial charge >= 0.3 is 0 Å². The summed E-state index contributed by atoms with van der Waals surface area (Å²) in [5, 5.41) is 0. The molecule has 0 aliphatic rings. The van der Waals surface area contributed by atoms with Gasteiger partial charge in [-0.25, -0.2) is 0 Å². The second-order valence-electron chi connectivity index (χ2n) is 3.58. The molecule has 0 spiro atoms. The van der Waals surface area contributed by atoms with Gasteiger partial charge in [-0.05, 0) is 70.5 Å². The summed E-state index contributed by atoms with van der Waals surface area (Å²) in [7, 11) is 0. The zero-order valence-corrected chi connectivity index (χ0v) is 13.9. The summed E-state index contributed by atoms with van der Waals surface area (Å²) in [6, 6.07) is 12.8. The molecule has 0 saturated heterocycles. The van der Waals surface area contributed by atoms with E-state index in [9.17, 15) is 0 Å². The Kier molecular flexibility index (Phi) is 4.08. The van der Waals surface area contributed by atoms with E-state index >= 15 is 0 Å². The monoisotopic (exact) mass is 450 g/mol. The lowest BCUT2D eigenvalue weighted by atomic mass is 10.0. The van der Waals surface area contributed by atoms with E-state index < -0.39 is 0 Å². The fourth-order valence-electron chi connectivity index (χ4n) is 1.64. The van der Waals surface area contributed by atoms with Crippen molar-refractivity contribution < 1.29 is 0 Å². The van der Waals surface area contributed by atoms with Crippen LogP contribution in [0.15, 0.2) is 45.3 Å². The summed E-state index contributed by atoms with van der Waals surface area (Å²) in [5.74, 6) is 0. The summed E-state index contributed by atoms with van der Waals surface area (Å²) < 4.78 is 3.51. The normalized spacial score (nSPS) is 10.5. The summed E-state index contributed by atoms with van der Waals surface area (Å²) >= 11 is 9.35. The van der Waals surface area contributed by atoms with Crippen molar-refractivity contribution >= 4 is 54.5 Å². The fourth-order valence-corrected chi connectivity index (χ4v) is 3.71. The van der Waals surface area contributed by atoms with Crippen LogP contribution < -0.4 is 0 Å². The van der Waals surface area contributed by atoms with Gasteiger partial charge in [0.15, 0.2) is 0 Å². The molecule has 0 fully saturated rings. The van der Waals surface area contributed by atoms with Gasteiger partial charge in [0, 0.05) is 12.5 Å². The molecule has 3 heteroatoms. The first-order valence-electron chi connectivity index (χ1n) is 4.79. The SMILES string of the molecule is Cc1cc(Br)ccc1-c1ccc(Br)cc1I. The Bertz CT molecular complexity index is 486. The minimum atomic E-state index is 1.12. The van der Waals surface area contributed by atoms with E-state index in [1.807, 2.05) is 0 Å². The second kappa shape index (κ2) is 5.19. The standard InChI is InChI=1S/C13H9Br2I/c1-8-6-9(14)2-4-11(8)12-5-3-10(15)7-13(12)16/h2-7H,1H3. The molecule has 0 atom stereocenters. The van der Waals surface area contributed by atoms with Crippen molar-refractivity contribution in [3.63, 3.8) is 0 Å². The molecule has 0 bridgehead atoms. The van der Waals surface area contributed by atoms with Crippen LogP contribution in [-0.4, -0.2) is 0 Å². The first-order valence-corrected chi connectivity index (χ1v) is 7.46. The predicted octanol–water partition coefficient (Wildman–Crippen LogP) is 5.79. The summed E-state index contributed by atoms with van der Waals surface area (Å²) in [6.45, 7) is 2.14. The topological polar surface area (TPSA) is 0 Å². The average Bonchev–Trinajstić information content (AvgIpc) is 2.19. The molecule has 0 saturated carbocycles. The quantitative estimate of drug-likeness (QED) is 0.481. The third-order valence-electron chi connectivity index (χ3n) is 2.41. The molecule has 2 aromatic carbocycles. The highest BCUT2D eigenvalue weighted by Crippen LogP contribution is 2.31. The van der Waals surface area contributed by atoms with E-state index in [2.05, 4.69) is 97.8 Å². The van der Waals surface area contributed by atoms with Crippen molar-refractivity contribution in [1.82, 2.24) is 0 Å². The summed E-state index contributed by atoms with van der Waals surface area (Å²) in [5.41, 5.74) is 3.86. The molecule has 2 rings (SSSR count). The fraction of sp³-hybridized carbons (Fsp3) is 0.0769. The highest BCUT2D eigenvalue weighted by molar-refractivity contribution is 14.1. The molecule has 16 heavy (non-hydrogen) atoms. The molecule has 0 unspecified atom stereocenters. The molecule has 0 nitrogen and oxygen atoms in total. The maximum Gasteiger partial charge on any atom is 0.0220 e. The lowest BCUT2D eigenvalue weighted by Gasteiger charge is -2.09. The van der Waals surface area contributed by atoms with Crippen molar-refractivity contribution in [3.8, 4) is 11.1 Å². The van der Waals surface area contributed by atoms with Crippen LogP contribution in [0.2, 0.25) is 0 Å². The van der Waals surface area contributed by atoms with Crippen LogP contribution in [0.5, 0.6) is 0 Å². The minimum absolute atomic E-state index is 1.12. The van der Waals surface area contributed by atoms with Gasteiger partial charge in [-0.1, -0.05) is 44.0 Å². The van der Waals surface area contributed by atoms with E-state index in [4.69, 9.17) is 0 Å². The number of hydrogen-bond donors (Lipinski definition) is 0. The highest BCUT2D eigenvalue weighted by atomic mass is 127. The molecular formula is C13H9Br2I. The largest absolute Gasteiger partial charge is 0.0530 e. The Morgan fingerprint density at radius 1 is 0.875 bits per heavy atom. The molecule has 0 heterocycles. The van der Waals surface area contributed by atoms with Gasteiger partial charge in [0.2, 0.25) is 0 Å². The number of rotatable bonds is 1. The van der Waals surface area contributed by atoms with Gasteiger partial charge in [-0.2, -0.15) is 0 Å². The minimum Gasteiger partial charge on any atom is -0.0530 e. The van der Waals surface area contributed by atoms with Gasteiger partial charge < -0.3 is 0 Å². The van der Waals surface area contributed by atoms with E-state index in [1.54, 1.807) is 0 Å². The molecule has 0 aliphatic heterocycles. The Balaban J connectivity index is 2.59. The summed E-state index contributed by atoms with van der Waals surface area (Å²) in [6.07, 6.45) is 0. The number of aryl methyl sites for hydroxylation is 1. The van der Waals surface area contributed by atoms with E-state index in [0.717, 1.165) is 8.95 Å². The number of benzene rings is 2. The first kappa shape index (κ1) is 12.6. The van der Waals surface area contributed by atoms with Gasteiger partial charge in [-0.3, -0.25) is 0 Å². The molecule has 2 aromatic rings. The van der Waals surface area contributed by atoms with Gasteiger partial charge in [-0.15, -0.1) is 0 Å². The van der Waals surface area contributed by atoms with Gasteiger partial charge in [0.1, 0.15) is 0 Å². The van der Waals surface area contributed by atoms with Crippen LogP contribution in [0.25, 0.3) is 11.1 Å². The van der Waals surface area contributed by atoms with E-state index in [0.29, 0.717) is 0 Å². The van der Waals surface area contributed by atoms with Gasteiger partial charge in [0.25, 0.3) is 0 Å². The zero-order chi connectivity index (χ0) is 11.7. The van der Waals surface area contributed by atoms with Crippen molar-refractivity contribution in [2.75, 3.05) is 0 Å². The number of halogens is 3. The predicted molar refractivity (Wildman–Crippen MR) is 84.7 cm³/mol. The molecule has 0 aromatic heterocycles. The smallest absolute Gasteiger partial charge is 0.0220 e. The van der Waals surface area contributed by atoms with Crippen molar-refractivity contribution in [3.05, 3.63) is 54.5 Å². The summed E-state index contributed by atoms with van der Waals surface area (Å²) in [4.78, 5) is 0. The van der Waals surface area contributed by atoms with Crippen LogP contribution in [0.4, 0.5) is 0 Å². The van der Waals surface area contributed by atoms with Crippen molar-refractivity contribution in [2.45, 2.75) is 6.92 Å². The second-order valence-corrected chi connectivity index (χ2v) is 6.58. The van der Waals surface area contributed by atoms with Gasteiger partial charge in [0.05, 0.1) is 0 Å². The molecule has 0 radical (unpaired) electrons. The van der Waals surface area contributed by atoms with Crippen molar-refractivity contribution in [2.24, 2.45) is 0 Å². The third kappa shape index (κ3) is 2.68. The molecule has 0 amide bonds. The van der Waals surface area contributed by atoms with E-state index in [1.165, 1.54) is 20.3 Å². The maximum atomic E-state index is 3.49. The maximum absolute atomic E-state index is 3.49. The van der Waals surface area contributed by atoms with Crippen LogP contribution in [0, 0.1) is 10.5 Å². The van der Waals surface area contributed by atoms with Crippen molar-refractivity contribution in [1.29, 1.82) is 0 Å². The lowest BCUT2D eigenvalue weighted by molar-refractivity contribution is 1.43. The Morgan fingerprint density at radius 2 is 1.44 bits per heavy atom. The van der Waals surface area contributed by atoms with Crippen LogP contribution >= 0.6 is 54.5 Å². The molecule has 82 valence electrons. The van der Waals surface area contributed by atoms with Crippen LogP contribution in [0.3, 0.4) is 0 Å². The first-order chi connectivity index (χ1) is 7.58. The average molecular weight is 452 g/mol. The molecule has 0 N–H and O–H groups in total. The van der Waals surface area contributed by atoms with Crippen LogP contribution in [-0.2, 0) is 0 Å². The Labute approximate surface area is 126 Å². The van der Waals surface area contributed by atoms with Crippen LogP contribution in [0.1, 0.15) is 5.56 Å². The Morgan fingerprint density at radius 3 is 2.00 bits per heavy atom. The third-order valence-corrected chi connectivity index (χ3v) is 4.29.